The van der Waals surface area contributed by atoms with E-state index in [1.807, 2.05) is 30.3 Å². The van der Waals surface area contributed by atoms with Crippen molar-refractivity contribution in [3.63, 3.8) is 0 Å². The molecule has 0 amide bonds. The number of cyclic esters (lactones) is 1. The average Bonchev–Trinajstić information content (AvgIpc) is 3.49. The zero-order chi connectivity index (χ0) is 24.6. The molecule has 3 aliphatic rings. The van der Waals surface area contributed by atoms with E-state index in [1.54, 1.807) is 6.07 Å². The summed E-state index contributed by atoms with van der Waals surface area (Å²) < 4.78 is 11.5. The summed E-state index contributed by atoms with van der Waals surface area (Å²) in [6.07, 6.45) is 1.34. The van der Waals surface area contributed by atoms with Gasteiger partial charge in [-0.05, 0) is 58.5 Å². The van der Waals surface area contributed by atoms with Gasteiger partial charge in [-0.2, -0.15) is 0 Å². The maximum Gasteiger partial charge on any atom is 0.338 e. The normalized spacial score (nSPS) is 20.0. The van der Waals surface area contributed by atoms with Crippen LogP contribution in [0.5, 0.6) is 0 Å². The molecule has 0 spiro atoms. The highest BCUT2D eigenvalue weighted by atomic mass is 16.5. The Morgan fingerprint density at radius 2 is 1.81 bits per heavy atom. The number of anilines is 1. The number of carbonyl (C=O) groups is 2. The molecule has 4 aromatic rings. The van der Waals surface area contributed by atoms with Crippen molar-refractivity contribution in [3.05, 3.63) is 94.8 Å². The first kappa shape index (κ1) is 21.2. The Hall–Kier alpha value is -4.12. The van der Waals surface area contributed by atoms with E-state index < -0.39 is 0 Å². The van der Waals surface area contributed by atoms with Crippen molar-refractivity contribution in [1.29, 1.82) is 0 Å². The molecule has 0 bridgehead atoms. The van der Waals surface area contributed by atoms with Gasteiger partial charge in [-0.1, -0.05) is 50.2 Å². The third-order valence-electron chi connectivity index (χ3n) is 7.62. The van der Waals surface area contributed by atoms with Crippen LogP contribution in [0.15, 0.2) is 76.7 Å². The fraction of sp³-hybridized carbons (Fsp3) is 0.226. The van der Waals surface area contributed by atoms with E-state index in [0.29, 0.717) is 23.5 Å². The van der Waals surface area contributed by atoms with E-state index in [9.17, 15) is 9.59 Å². The van der Waals surface area contributed by atoms with Gasteiger partial charge >= 0.3 is 5.97 Å². The molecule has 3 aromatic carbocycles. The Labute approximate surface area is 208 Å². The van der Waals surface area contributed by atoms with E-state index in [1.165, 1.54) is 5.39 Å². The van der Waals surface area contributed by atoms with Crippen LogP contribution in [-0.4, -0.2) is 11.8 Å². The molecular formula is C31H25NO4. The Kier molecular flexibility index (Phi) is 4.38. The maximum absolute atomic E-state index is 13.6. The molecule has 0 radical (unpaired) electrons. The van der Waals surface area contributed by atoms with Gasteiger partial charge in [-0.15, -0.1) is 0 Å². The largest absolute Gasteiger partial charge is 0.459 e. The number of fused-ring (bicyclic) bond motifs is 5. The smallest absolute Gasteiger partial charge is 0.338 e. The first-order chi connectivity index (χ1) is 17.4. The number of esters is 1. The molecule has 1 atom stereocenters. The number of nitrogens with one attached hydrogen (secondary N) is 1. The van der Waals surface area contributed by atoms with Crippen molar-refractivity contribution < 1.29 is 18.7 Å². The number of allylic oxidation sites excluding steroid dienone is 1. The van der Waals surface area contributed by atoms with Gasteiger partial charge in [0.15, 0.2) is 5.78 Å². The Bertz CT molecular complexity index is 1640. The number of Topliss-reactive ketones (excluding diaryl/α,β-unsaturated/α-hetero) is 1. The van der Waals surface area contributed by atoms with E-state index in [0.717, 1.165) is 45.3 Å². The van der Waals surface area contributed by atoms with Crippen LogP contribution >= 0.6 is 0 Å². The van der Waals surface area contributed by atoms with Crippen LogP contribution in [0.2, 0.25) is 0 Å². The van der Waals surface area contributed by atoms with Gasteiger partial charge in [0.1, 0.15) is 24.2 Å². The summed E-state index contributed by atoms with van der Waals surface area (Å²) in [5.41, 5.74) is 6.33. The summed E-state index contributed by atoms with van der Waals surface area (Å²) >= 11 is 0. The fourth-order valence-electron chi connectivity index (χ4n) is 6.00. The van der Waals surface area contributed by atoms with Crippen LogP contribution in [0, 0.1) is 5.41 Å². The van der Waals surface area contributed by atoms with Gasteiger partial charge in [0.25, 0.3) is 0 Å². The quantitative estimate of drug-likeness (QED) is 0.314. The summed E-state index contributed by atoms with van der Waals surface area (Å²) in [6, 6.07) is 21.7. The number of carbonyl (C=O) groups excluding carboxylic acids is 2. The lowest BCUT2D eigenvalue weighted by Gasteiger charge is -2.39. The summed E-state index contributed by atoms with van der Waals surface area (Å²) in [5.74, 6) is 1.29. The fourth-order valence-corrected chi connectivity index (χ4v) is 6.00. The molecule has 36 heavy (non-hydrogen) atoms. The highest BCUT2D eigenvalue weighted by Gasteiger charge is 2.41. The Morgan fingerprint density at radius 1 is 0.944 bits per heavy atom. The van der Waals surface area contributed by atoms with Gasteiger partial charge in [-0.3, -0.25) is 4.79 Å². The van der Waals surface area contributed by atoms with E-state index in [2.05, 4.69) is 49.5 Å². The van der Waals surface area contributed by atoms with Crippen molar-refractivity contribution in [2.75, 3.05) is 5.32 Å². The second-order valence-electron chi connectivity index (χ2n) is 10.8. The van der Waals surface area contributed by atoms with E-state index in [4.69, 9.17) is 9.15 Å². The SMILES string of the molecule is CC1(C)CC(=O)C2=C(C1)c1c(ccc3ccccc13)NC2c1ccc(-c2ccc3c(c2)COC3=O)o1. The molecule has 1 aliphatic carbocycles. The molecule has 0 fully saturated rings. The zero-order valence-corrected chi connectivity index (χ0v) is 20.2. The van der Waals surface area contributed by atoms with E-state index >= 15 is 0 Å². The number of rotatable bonds is 2. The first-order valence-corrected chi connectivity index (χ1v) is 12.3. The molecule has 5 nitrogen and oxygen atoms in total. The molecule has 178 valence electrons. The van der Waals surface area contributed by atoms with Gasteiger partial charge in [0, 0.05) is 34.4 Å². The second kappa shape index (κ2) is 7.44. The molecule has 5 heteroatoms. The van der Waals surface area contributed by atoms with Crippen molar-refractivity contribution >= 4 is 33.8 Å². The molecule has 1 aromatic heterocycles. The molecule has 7 rings (SSSR count). The van der Waals surface area contributed by atoms with Crippen LogP contribution < -0.4 is 5.32 Å². The van der Waals surface area contributed by atoms with Crippen molar-refractivity contribution in [3.8, 4) is 11.3 Å². The molecule has 0 saturated carbocycles. The number of hydrogen-bond acceptors (Lipinski definition) is 5. The van der Waals surface area contributed by atoms with E-state index in [-0.39, 0.29) is 29.8 Å². The predicted octanol–water partition coefficient (Wildman–Crippen LogP) is 7.08. The molecule has 3 heterocycles. The lowest BCUT2D eigenvalue weighted by molar-refractivity contribution is -0.118. The van der Waals surface area contributed by atoms with Crippen LogP contribution in [0.25, 0.3) is 27.7 Å². The molecule has 1 unspecified atom stereocenters. The number of benzene rings is 3. The number of hydrogen-bond donors (Lipinski definition) is 1. The first-order valence-electron chi connectivity index (χ1n) is 12.3. The van der Waals surface area contributed by atoms with Crippen molar-refractivity contribution in [2.24, 2.45) is 5.41 Å². The van der Waals surface area contributed by atoms with Crippen LogP contribution in [0.4, 0.5) is 5.69 Å². The van der Waals surface area contributed by atoms with Crippen LogP contribution in [0.3, 0.4) is 0 Å². The standard InChI is InChI=1S/C31H25NO4/c1-31(2)14-22-27-20-6-4-3-5-17(20)8-10-23(27)32-29(28(22)24(33)15-31)26-12-11-25(36-26)18-7-9-21-19(13-18)16-35-30(21)34/h3-13,29,32H,14-16H2,1-2H3. The van der Waals surface area contributed by atoms with Crippen molar-refractivity contribution in [1.82, 2.24) is 0 Å². The summed E-state index contributed by atoms with van der Waals surface area (Å²) in [7, 11) is 0. The topological polar surface area (TPSA) is 68.5 Å². The van der Waals surface area contributed by atoms with Crippen LogP contribution in [-0.2, 0) is 16.1 Å². The lowest BCUT2D eigenvalue weighted by atomic mass is 9.68. The summed E-state index contributed by atoms with van der Waals surface area (Å²) in [4.78, 5) is 25.4. The zero-order valence-electron chi connectivity index (χ0n) is 20.2. The molecule has 2 aliphatic heterocycles. The summed E-state index contributed by atoms with van der Waals surface area (Å²) in [6.45, 7) is 4.62. The number of ketones is 1. The predicted molar refractivity (Wildman–Crippen MR) is 139 cm³/mol. The van der Waals surface area contributed by atoms with Gasteiger partial charge < -0.3 is 14.5 Å². The van der Waals surface area contributed by atoms with Crippen molar-refractivity contribution in [2.45, 2.75) is 39.3 Å². The molecule has 0 saturated heterocycles. The molecule has 1 N–H and O–H groups in total. The third kappa shape index (κ3) is 3.15. The third-order valence-corrected chi connectivity index (χ3v) is 7.62. The monoisotopic (exact) mass is 475 g/mol. The highest BCUT2D eigenvalue weighted by molar-refractivity contribution is 6.12. The minimum absolute atomic E-state index is 0.107. The minimum Gasteiger partial charge on any atom is -0.459 e. The van der Waals surface area contributed by atoms with Gasteiger partial charge in [-0.25, -0.2) is 4.79 Å². The van der Waals surface area contributed by atoms with Gasteiger partial charge in [0.2, 0.25) is 0 Å². The van der Waals surface area contributed by atoms with Gasteiger partial charge in [0.05, 0.1) is 5.56 Å². The van der Waals surface area contributed by atoms with Crippen LogP contribution in [0.1, 0.15) is 60.0 Å². The number of furan rings is 1. The molecular weight excluding hydrogens is 450 g/mol. The summed E-state index contributed by atoms with van der Waals surface area (Å²) in [5, 5.41) is 5.96. The number of ether oxygens (including phenoxy) is 1. The minimum atomic E-state index is -0.356. The lowest BCUT2D eigenvalue weighted by Crippen LogP contribution is -2.33. The Morgan fingerprint density at radius 3 is 2.69 bits per heavy atom. The average molecular weight is 476 g/mol. The Balaban J connectivity index is 1.36. The maximum atomic E-state index is 13.6. The highest BCUT2D eigenvalue weighted by Crippen LogP contribution is 2.52. The second-order valence-corrected chi connectivity index (χ2v) is 10.8.